The van der Waals surface area contributed by atoms with Crippen molar-refractivity contribution in [2.45, 2.75) is 71.1 Å². The molecule has 3 N–H and O–H groups in total. The van der Waals surface area contributed by atoms with Gasteiger partial charge in [0, 0.05) is 12.0 Å². The maximum absolute atomic E-state index is 12.8. The molecule has 1 saturated carbocycles. The second-order valence-electron chi connectivity index (χ2n) is 9.31. The number of ether oxygens (including phenoxy) is 1. The second kappa shape index (κ2) is 19.5. The Morgan fingerprint density at radius 1 is 0.944 bits per heavy atom. The molecule has 0 radical (unpaired) electrons. The van der Waals surface area contributed by atoms with Gasteiger partial charge >= 0.3 is 15.6 Å². The van der Waals surface area contributed by atoms with Crippen LogP contribution < -0.4 is 0 Å². The third-order valence-electron chi connectivity index (χ3n) is 5.79. The average Bonchev–Trinajstić information content (AvgIpc) is 3.38. The first kappa shape index (κ1) is 32.7. The van der Waals surface area contributed by atoms with E-state index >= 15 is 0 Å². The molecule has 11 nitrogen and oxygen atoms in total. The van der Waals surface area contributed by atoms with Crippen LogP contribution in [0.4, 0.5) is 0 Å². The van der Waals surface area contributed by atoms with Crippen molar-refractivity contribution in [3.05, 3.63) is 0 Å². The largest absolute Gasteiger partial charge is 0.477 e. The van der Waals surface area contributed by atoms with Gasteiger partial charge in [-0.25, -0.2) is 9.13 Å². The molecule has 0 aromatic heterocycles. The monoisotopic (exact) mass is 582 g/mol. The molecule has 216 valence electrons. The maximum Gasteiger partial charge on any atom is 0.477 e. The lowest BCUT2D eigenvalue weighted by Crippen LogP contribution is -2.33. The number of thiol groups is 1. The smallest absolute Gasteiger partial charge is 0.396 e. The van der Waals surface area contributed by atoms with E-state index in [0.29, 0.717) is 18.9 Å². The summed E-state index contributed by atoms with van der Waals surface area (Å²) >= 11 is 4.17. The molecule has 36 heavy (non-hydrogen) atoms. The van der Waals surface area contributed by atoms with E-state index in [9.17, 15) is 19.1 Å². The summed E-state index contributed by atoms with van der Waals surface area (Å²) in [6.07, 6.45) is 10.2. The molecule has 0 aliphatic heterocycles. The van der Waals surface area contributed by atoms with Gasteiger partial charge in [0.05, 0.1) is 41.0 Å². The lowest BCUT2D eigenvalue weighted by Gasteiger charge is -2.27. The van der Waals surface area contributed by atoms with Crippen molar-refractivity contribution in [2.24, 2.45) is 11.3 Å². The van der Waals surface area contributed by atoms with Crippen molar-refractivity contribution < 1.29 is 53.0 Å². The van der Waals surface area contributed by atoms with E-state index in [1.165, 1.54) is 12.8 Å². The molecule has 0 spiro atoms. The van der Waals surface area contributed by atoms with Gasteiger partial charge in [0.15, 0.2) is 6.79 Å². The van der Waals surface area contributed by atoms with E-state index in [2.05, 4.69) is 12.6 Å². The van der Waals surface area contributed by atoms with Gasteiger partial charge in [-0.15, -0.1) is 0 Å². The van der Waals surface area contributed by atoms with Gasteiger partial charge in [-0.2, -0.15) is 12.6 Å². The fraction of sp³-hybridized carbons (Fsp3) is 1.00. The van der Waals surface area contributed by atoms with Crippen LogP contribution in [0.15, 0.2) is 0 Å². The molecule has 4 atom stereocenters. The summed E-state index contributed by atoms with van der Waals surface area (Å²) in [5.41, 5.74) is -0.950. The minimum absolute atomic E-state index is 0.0310. The molecule has 1 fully saturated rings. The molecule has 0 amide bonds. The van der Waals surface area contributed by atoms with Gasteiger partial charge in [0.1, 0.15) is 0 Å². The van der Waals surface area contributed by atoms with Gasteiger partial charge in [0.25, 0.3) is 0 Å². The van der Waals surface area contributed by atoms with Crippen LogP contribution in [-0.2, 0) is 36.5 Å². The van der Waals surface area contributed by atoms with Gasteiger partial charge in [-0.05, 0) is 37.4 Å². The normalized spacial score (nSPS) is 21.0. The van der Waals surface area contributed by atoms with E-state index in [4.69, 9.17) is 33.8 Å². The fourth-order valence-corrected chi connectivity index (χ4v) is 5.64. The highest BCUT2D eigenvalue weighted by molar-refractivity contribution is 7.80. The van der Waals surface area contributed by atoms with Gasteiger partial charge in [-0.3, -0.25) is 22.6 Å². The molecule has 4 unspecified atom stereocenters. The zero-order valence-electron chi connectivity index (χ0n) is 22.3. The summed E-state index contributed by atoms with van der Waals surface area (Å²) in [5, 5.41) is 18.8. The van der Waals surface area contributed by atoms with Crippen LogP contribution in [0.3, 0.4) is 0 Å². The van der Waals surface area contributed by atoms with Crippen LogP contribution in [-0.4, -0.2) is 73.9 Å². The zero-order valence-corrected chi connectivity index (χ0v) is 24.0. The molecule has 0 saturated heterocycles. The van der Waals surface area contributed by atoms with Crippen molar-refractivity contribution in [1.29, 1.82) is 0 Å². The lowest BCUT2D eigenvalue weighted by molar-refractivity contribution is -0.0262. The molecule has 0 aromatic rings. The summed E-state index contributed by atoms with van der Waals surface area (Å²) in [4.78, 5) is 9.98. The van der Waals surface area contributed by atoms with E-state index in [0.717, 1.165) is 50.7 Å². The molecule has 1 rings (SSSR count). The first-order valence-electron chi connectivity index (χ1n) is 13.2. The van der Waals surface area contributed by atoms with Gasteiger partial charge in [0.2, 0.25) is 0 Å². The topological polar surface area (TPSA) is 150 Å². The number of phosphoric ester groups is 2. The number of aliphatic hydroxyl groups is 2. The number of hydrogen-bond acceptors (Lipinski definition) is 11. The van der Waals surface area contributed by atoms with Gasteiger partial charge in [-0.1, -0.05) is 45.4 Å². The fourth-order valence-electron chi connectivity index (χ4n) is 3.62. The van der Waals surface area contributed by atoms with E-state index in [-0.39, 0.29) is 26.4 Å². The Bertz CT molecular complexity index is 687. The first-order chi connectivity index (χ1) is 17.6. The Morgan fingerprint density at radius 2 is 1.67 bits per heavy atom. The Morgan fingerprint density at radius 3 is 2.33 bits per heavy atom. The highest BCUT2D eigenvalue weighted by Crippen LogP contribution is 2.52. The molecule has 0 bridgehead atoms. The molecule has 1 aliphatic carbocycles. The summed E-state index contributed by atoms with van der Waals surface area (Å²) in [7, 11) is -9.01. The number of aliphatic hydroxyl groups excluding tert-OH is 2. The van der Waals surface area contributed by atoms with E-state index in [1.54, 1.807) is 6.92 Å². The van der Waals surface area contributed by atoms with Crippen LogP contribution in [0, 0.1) is 11.3 Å². The van der Waals surface area contributed by atoms with Crippen LogP contribution >= 0.6 is 28.3 Å². The minimum Gasteiger partial charge on any atom is -0.396 e. The van der Waals surface area contributed by atoms with Crippen molar-refractivity contribution in [1.82, 2.24) is 0 Å². The standard InChI is InChI=1S/C22H46O11P2S/c1-22(17-24,18-28-13-6-2-3-7-16-36)19-31-34(25,26)32-20-33-35(27,30-15-12-23)29-14-8-11-21-9-4-5-10-21/h21,23-24,36H,2-20H2,1H3,(H,25,26)/i15T. The Hall–Kier alpha value is 0.450. The average molecular weight is 583 g/mol. The Labute approximate surface area is 222 Å². The van der Waals surface area contributed by atoms with Crippen molar-refractivity contribution in [3.8, 4) is 0 Å². The highest BCUT2D eigenvalue weighted by atomic mass is 32.1. The van der Waals surface area contributed by atoms with Crippen LogP contribution in [0.5, 0.6) is 0 Å². The SMILES string of the molecule is [3H]C(CO)OP(=O)(OCCCC1CCCC1)OCOP(=O)(O)OCC(C)(CO)COCCCCCCS. The summed E-state index contributed by atoms with van der Waals surface area (Å²) < 4.78 is 62.9. The summed E-state index contributed by atoms with van der Waals surface area (Å²) in [6, 6.07) is 0. The van der Waals surface area contributed by atoms with Gasteiger partial charge < -0.3 is 19.8 Å². The Balaban J connectivity index is 2.43. The maximum atomic E-state index is 12.8. The predicted molar refractivity (Wildman–Crippen MR) is 139 cm³/mol. The Kier molecular flexibility index (Phi) is 17.7. The molecule has 14 heteroatoms. The lowest BCUT2D eigenvalue weighted by atomic mass is 9.94. The van der Waals surface area contributed by atoms with E-state index in [1.807, 2.05) is 0 Å². The summed E-state index contributed by atoms with van der Waals surface area (Å²) in [5.74, 6) is 1.45. The highest BCUT2D eigenvalue weighted by Gasteiger charge is 2.33. The van der Waals surface area contributed by atoms with Crippen LogP contribution in [0.1, 0.15) is 72.5 Å². The van der Waals surface area contributed by atoms with Crippen molar-refractivity contribution in [2.75, 3.05) is 58.8 Å². The zero-order chi connectivity index (χ0) is 27.6. The molecular weight excluding hydrogens is 534 g/mol. The third kappa shape index (κ3) is 16.4. The number of rotatable bonds is 24. The summed E-state index contributed by atoms with van der Waals surface area (Å²) in [6.45, 7) is -1.76. The second-order valence-corrected chi connectivity index (χ2v) is 12.8. The predicted octanol–water partition coefficient (Wildman–Crippen LogP) is 4.70. The number of unbranched alkanes of at least 4 members (excludes halogenated alkanes) is 3. The van der Waals surface area contributed by atoms with Crippen LogP contribution in [0.25, 0.3) is 0 Å². The van der Waals surface area contributed by atoms with E-state index < -0.39 is 41.0 Å². The molecular formula is C22H46O11P2S. The van der Waals surface area contributed by atoms with Crippen molar-refractivity contribution >= 4 is 28.3 Å². The molecule has 0 aromatic carbocycles. The minimum atomic E-state index is -4.66. The van der Waals surface area contributed by atoms with Crippen LogP contribution in [0.2, 0.25) is 0 Å². The third-order valence-corrected chi connectivity index (χ3v) is 8.32. The molecule has 1 aliphatic rings. The first-order valence-corrected chi connectivity index (χ1v) is 16.2. The van der Waals surface area contributed by atoms with Crippen molar-refractivity contribution in [3.63, 3.8) is 0 Å². The number of hydrogen-bond donors (Lipinski definition) is 4. The quantitative estimate of drug-likeness (QED) is 0.0543. The number of phosphoric acid groups is 2. The molecule has 0 heterocycles.